The van der Waals surface area contributed by atoms with Crippen LogP contribution in [0.25, 0.3) is 0 Å². The fraction of sp³-hybridized carbons (Fsp3) is 0.538. The van der Waals surface area contributed by atoms with E-state index in [1.54, 1.807) is 11.8 Å². The molecule has 0 aliphatic carbocycles. The van der Waals surface area contributed by atoms with E-state index in [0.29, 0.717) is 37.3 Å². The van der Waals surface area contributed by atoms with E-state index in [1.165, 1.54) is 11.1 Å². The third-order valence-corrected chi connectivity index (χ3v) is 4.72. The first-order chi connectivity index (χ1) is 10.1. The van der Waals surface area contributed by atoms with Gasteiger partial charge in [0.1, 0.15) is 11.3 Å². The molecular weight excluding hydrogens is 294 g/mol. The van der Waals surface area contributed by atoms with Crippen LogP contribution in [0.5, 0.6) is 0 Å². The average Bonchev–Trinajstić information content (AvgIpc) is 3.05. The highest BCUT2D eigenvalue weighted by molar-refractivity contribution is 8.14. The van der Waals surface area contributed by atoms with Crippen LogP contribution >= 0.6 is 11.8 Å². The fourth-order valence-electron chi connectivity index (χ4n) is 2.72. The minimum absolute atomic E-state index is 0.0902. The molecule has 0 radical (unpaired) electrons. The van der Waals surface area contributed by atoms with E-state index in [1.807, 2.05) is 0 Å². The molecule has 8 heteroatoms. The van der Waals surface area contributed by atoms with Gasteiger partial charge < -0.3 is 9.42 Å². The Labute approximate surface area is 125 Å². The van der Waals surface area contributed by atoms with Crippen molar-refractivity contribution >= 4 is 28.8 Å². The molecule has 0 unspecified atom stereocenters. The van der Waals surface area contributed by atoms with Gasteiger partial charge in [0, 0.05) is 19.1 Å². The Morgan fingerprint density at radius 2 is 2.10 bits per heavy atom. The van der Waals surface area contributed by atoms with Crippen molar-refractivity contribution in [3.63, 3.8) is 0 Å². The number of hydrogen-bond acceptors (Lipinski definition) is 6. The summed E-state index contributed by atoms with van der Waals surface area (Å²) in [6.07, 6.45) is 2.66. The molecule has 2 saturated heterocycles. The summed E-state index contributed by atoms with van der Waals surface area (Å²) in [5.41, 5.74) is 0.470. The van der Waals surface area contributed by atoms with Gasteiger partial charge in [-0.05, 0) is 19.8 Å². The molecule has 2 aliphatic heterocycles. The van der Waals surface area contributed by atoms with Crippen LogP contribution in [0.1, 0.15) is 29.0 Å². The number of aromatic nitrogens is 1. The first-order valence-electron chi connectivity index (χ1n) is 6.77. The van der Waals surface area contributed by atoms with Crippen LogP contribution in [0.4, 0.5) is 4.79 Å². The van der Waals surface area contributed by atoms with Gasteiger partial charge in [-0.3, -0.25) is 19.3 Å². The summed E-state index contributed by atoms with van der Waals surface area (Å²) in [5.74, 6) is 0.506. The Morgan fingerprint density at radius 1 is 1.38 bits per heavy atom. The van der Waals surface area contributed by atoms with Crippen LogP contribution in [0.2, 0.25) is 0 Å². The number of aryl methyl sites for hydroxylation is 1. The lowest BCUT2D eigenvalue weighted by atomic mass is 10.0. The van der Waals surface area contributed by atoms with E-state index in [-0.39, 0.29) is 28.8 Å². The van der Waals surface area contributed by atoms with Gasteiger partial charge in [-0.15, -0.1) is 0 Å². The number of amides is 3. The summed E-state index contributed by atoms with van der Waals surface area (Å²) in [6, 6.07) is -0.0902. The fourth-order valence-corrected chi connectivity index (χ4v) is 3.49. The Kier molecular flexibility index (Phi) is 3.71. The second-order valence-corrected chi connectivity index (χ2v) is 6.06. The van der Waals surface area contributed by atoms with Crippen molar-refractivity contribution in [2.24, 2.45) is 0 Å². The number of carbonyl (C=O) groups excluding carboxylic acids is 3. The van der Waals surface area contributed by atoms with E-state index in [4.69, 9.17) is 4.52 Å². The van der Waals surface area contributed by atoms with Gasteiger partial charge >= 0.3 is 0 Å². The van der Waals surface area contributed by atoms with Crippen LogP contribution < -0.4 is 0 Å². The summed E-state index contributed by atoms with van der Waals surface area (Å²) in [6.45, 7) is 2.75. The Morgan fingerprint density at radius 3 is 2.62 bits per heavy atom. The summed E-state index contributed by atoms with van der Waals surface area (Å²) in [7, 11) is 0. The normalized spacial score (nSPS) is 20.4. The smallest absolute Gasteiger partial charge is 0.289 e. The van der Waals surface area contributed by atoms with E-state index < -0.39 is 0 Å². The Balaban J connectivity index is 1.63. The summed E-state index contributed by atoms with van der Waals surface area (Å²) >= 11 is 1.05. The predicted octanol–water partition coefficient (Wildman–Crippen LogP) is 1.28. The molecular formula is C13H15N3O4S. The van der Waals surface area contributed by atoms with Crippen molar-refractivity contribution in [2.45, 2.75) is 25.8 Å². The summed E-state index contributed by atoms with van der Waals surface area (Å²) < 4.78 is 4.91. The van der Waals surface area contributed by atoms with Gasteiger partial charge in [0.05, 0.1) is 11.9 Å². The zero-order chi connectivity index (χ0) is 15.0. The molecule has 112 valence electrons. The Hall–Kier alpha value is -1.83. The van der Waals surface area contributed by atoms with Gasteiger partial charge in [0.2, 0.25) is 5.91 Å². The van der Waals surface area contributed by atoms with Crippen molar-refractivity contribution in [3.05, 3.63) is 17.5 Å². The van der Waals surface area contributed by atoms with Crippen LogP contribution in [-0.4, -0.2) is 56.9 Å². The van der Waals surface area contributed by atoms with Gasteiger partial charge in [0.15, 0.2) is 0 Å². The predicted molar refractivity (Wildman–Crippen MR) is 74.9 cm³/mol. The number of carbonyl (C=O) groups is 3. The molecule has 1 aromatic heterocycles. The summed E-state index contributed by atoms with van der Waals surface area (Å²) in [4.78, 5) is 38.8. The maximum Gasteiger partial charge on any atom is 0.289 e. The average molecular weight is 309 g/mol. The third kappa shape index (κ3) is 2.55. The molecule has 0 spiro atoms. The standard InChI is InChI=1S/C13H15N3O4S/c1-8-10(6-14-20-8)12(18)15-4-2-9(3-5-15)16-11(17)7-21-13(16)19/h6,9H,2-5,7H2,1H3. The van der Waals surface area contributed by atoms with Crippen molar-refractivity contribution in [1.82, 2.24) is 15.0 Å². The molecule has 0 saturated carbocycles. The highest BCUT2D eigenvalue weighted by atomic mass is 32.2. The first-order valence-corrected chi connectivity index (χ1v) is 7.76. The number of piperidine rings is 1. The Bertz CT molecular complexity index is 576. The zero-order valence-corrected chi connectivity index (χ0v) is 12.4. The van der Waals surface area contributed by atoms with Crippen molar-refractivity contribution in [3.8, 4) is 0 Å². The molecule has 7 nitrogen and oxygen atoms in total. The third-order valence-electron chi connectivity index (χ3n) is 3.88. The maximum absolute atomic E-state index is 12.3. The van der Waals surface area contributed by atoms with E-state index >= 15 is 0 Å². The van der Waals surface area contributed by atoms with Crippen molar-refractivity contribution in [2.75, 3.05) is 18.8 Å². The molecule has 0 N–H and O–H groups in total. The molecule has 3 amide bonds. The van der Waals surface area contributed by atoms with Gasteiger partial charge in [-0.2, -0.15) is 0 Å². The SMILES string of the molecule is Cc1oncc1C(=O)N1CCC(N2C(=O)CSC2=O)CC1. The molecule has 21 heavy (non-hydrogen) atoms. The largest absolute Gasteiger partial charge is 0.361 e. The lowest BCUT2D eigenvalue weighted by Crippen LogP contribution is -2.48. The highest BCUT2D eigenvalue weighted by Crippen LogP contribution is 2.27. The van der Waals surface area contributed by atoms with Gasteiger partial charge in [-0.25, -0.2) is 0 Å². The maximum atomic E-state index is 12.3. The van der Waals surface area contributed by atoms with Crippen LogP contribution in [0, 0.1) is 6.92 Å². The second kappa shape index (κ2) is 5.51. The number of nitrogens with zero attached hydrogens (tertiary/aromatic N) is 3. The number of imide groups is 1. The minimum Gasteiger partial charge on any atom is -0.361 e. The number of thioether (sulfide) groups is 1. The lowest BCUT2D eigenvalue weighted by Gasteiger charge is -2.35. The zero-order valence-electron chi connectivity index (χ0n) is 11.6. The number of rotatable bonds is 2. The number of hydrogen-bond donors (Lipinski definition) is 0. The molecule has 3 heterocycles. The quantitative estimate of drug-likeness (QED) is 0.818. The van der Waals surface area contributed by atoms with E-state index in [0.717, 1.165) is 11.8 Å². The molecule has 0 atom stereocenters. The minimum atomic E-state index is -0.167. The monoisotopic (exact) mass is 309 g/mol. The van der Waals surface area contributed by atoms with Crippen molar-refractivity contribution < 1.29 is 18.9 Å². The molecule has 3 rings (SSSR count). The topological polar surface area (TPSA) is 83.7 Å². The van der Waals surface area contributed by atoms with E-state index in [2.05, 4.69) is 5.16 Å². The van der Waals surface area contributed by atoms with Crippen LogP contribution in [0.3, 0.4) is 0 Å². The first kappa shape index (κ1) is 14.1. The molecule has 0 bridgehead atoms. The van der Waals surface area contributed by atoms with Gasteiger partial charge in [0.25, 0.3) is 11.1 Å². The molecule has 2 aliphatic rings. The number of likely N-dealkylation sites (tertiary alicyclic amines) is 1. The molecule has 1 aromatic rings. The van der Waals surface area contributed by atoms with Gasteiger partial charge in [-0.1, -0.05) is 16.9 Å². The second-order valence-electron chi connectivity index (χ2n) is 5.14. The molecule has 0 aromatic carbocycles. The summed E-state index contributed by atoms with van der Waals surface area (Å²) in [5, 5.41) is 3.45. The van der Waals surface area contributed by atoms with E-state index in [9.17, 15) is 14.4 Å². The van der Waals surface area contributed by atoms with Crippen molar-refractivity contribution in [1.29, 1.82) is 0 Å². The highest BCUT2D eigenvalue weighted by Gasteiger charge is 2.38. The van der Waals surface area contributed by atoms with Crippen LogP contribution in [0.15, 0.2) is 10.7 Å². The lowest BCUT2D eigenvalue weighted by molar-refractivity contribution is -0.126. The van der Waals surface area contributed by atoms with Crippen LogP contribution in [-0.2, 0) is 4.79 Å². The molecule has 2 fully saturated rings.